The summed E-state index contributed by atoms with van der Waals surface area (Å²) in [6.45, 7) is 7.10. The molecule has 1 aromatic carbocycles. The molecule has 0 nitrogen and oxygen atoms in total. The van der Waals surface area contributed by atoms with Crippen LogP contribution in [0, 0.1) is 5.41 Å². The van der Waals surface area contributed by atoms with Crippen LogP contribution in [0.5, 0.6) is 0 Å². The van der Waals surface area contributed by atoms with Crippen molar-refractivity contribution >= 4 is 0 Å². The number of hydrogen-bond donors (Lipinski definition) is 0. The summed E-state index contributed by atoms with van der Waals surface area (Å²) in [5, 5.41) is 0. The lowest BCUT2D eigenvalue weighted by Crippen LogP contribution is -2.03. The fraction of sp³-hybridized carbons (Fsp3) is 0.824. The zero-order valence-electron chi connectivity index (χ0n) is 23.9. The predicted octanol–water partition coefficient (Wildman–Crippen LogP) is 12.2. The molecule has 0 unspecified atom stereocenters. The van der Waals surface area contributed by atoms with Crippen LogP contribution in [0.2, 0.25) is 0 Å². The summed E-state index contributed by atoms with van der Waals surface area (Å²) < 4.78 is 0. The lowest BCUT2D eigenvalue weighted by Gasteiger charge is -2.17. The van der Waals surface area contributed by atoms with Crippen LogP contribution in [0.3, 0.4) is 0 Å². The molecule has 1 rings (SSSR count). The van der Waals surface area contributed by atoms with Gasteiger partial charge in [-0.05, 0) is 30.2 Å². The van der Waals surface area contributed by atoms with Gasteiger partial charge in [0.2, 0.25) is 0 Å². The first-order valence-corrected chi connectivity index (χ1v) is 15.6. The Bertz CT molecular complexity index is 509. The maximum atomic E-state index is 2.37. The smallest absolute Gasteiger partial charge is 0.0279 e. The number of aryl methyl sites for hydroxylation is 1. The molecule has 0 fully saturated rings. The zero-order chi connectivity index (χ0) is 24.6. The second-order valence-electron chi connectivity index (χ2n) is 12.3. The van der Waals surface area contributed by atoms with E-state index in [9.17, 15) is 0 Å². The minimum atomic E-state index is 0.531. The molecule has 0 heterocycles. The van der Waals surface area contributed by atoms with Crippen molar-refractivity contribution in [2.75, 3.05) is 0 Å². The van der Waals surface area contributed by atoms with Crippen molar-refractivity contribution in [3.63, 3.8) is 0 Å². The Morgan fingerprint density at radius 2 is 0.676 bits per heavy atom. The molecule has 0 bridgehead atoms. The van der Waals surface area contributed by atoms with E-state index in [1.54, 1.807) is 0 Å². The summed E-state index contributed by atoms with van der Waals surface area (Å²) in [7, 11) is 0. The highest BCUT2D eigenvalue weighted by Gasteiger charge is 2.08. The summed E-state index contributed by atoms with van der Waals surface area (Å²) in [4.78, 5) is 0. The van der Waals surface area contributed by atoms with E-state index in [0.717, 1.165) is 0 Å². The first-order valence-electron chi connectivity index (χ1n) is 15.6. The van der Waals surface area contributed by atoms with E-state index in [-0.39, 0.29) is 0 Å². The second kappa shape index (κ2) is 22.7. The highest BCUT2D eigenvalue weighted by molar-refractivity contribution is 5.14. The monoisotopic (exact) mass is 470 g/mol. The molecule has 0 saturated heterocycles. The third-order valence-corrected chi connectivity index (χ3v) is 7.49. The summed E-state index contributed by atoms with van der Waals surface area (Å²) in [5.41, 5.74) is 2.04. The number of unbranched alkanes of at least 4 members (excludes halogenated alkanes) is 21. The van der Waals surface area contributed by atoms with Gasteiger partial charge in [0.1, 0.15) is 0 Å². The Hall–Kier alpha value is -0.780. The van der Waals surface area contributed by atoms with Crippen molar-refractivity contribution < 1.29 is 0 Å². The SMILES string of the molecule is CC(C)(C)CCCCCCCCCCCCCCCCCCCCCCCCc1ccccc1. The van der Waals surface area contributed by atoms with Crippen LogP contribution in [-0.2, 0) is 6.42 Å². The first-order chi connectivity index (χ1) is 16.6. The van der Waals surface area contributed by atoms with E-state index in [1.165, 1.54) is 160 Å². The molecular weight excluding hydrogens is 408 g/mol. The van der Waals surface area contributed by atoms with E-state index in [2.05, 4.69) is 51.1 Å². The van der Waals surface area contributed by atoms with E-state index < -0.39 is 0 Å². The van der Waals surface area contributed by atoms with Crippen molar-refractivity contribution in [1.82, 2.24) is 0 Å². The molecule has 0 aliphatic carbocycles. The van der Waals surface area contributed by atoms with Crippen molar-refractivity contribution in [3.8, 4) is 0 Å². The first kappa shape index (κ1) is 31.3. The Kier molecular flexibility index (Phi) is 20.8. The number of hydrogen-bond acceptors (Lipinski definition) is 0. The minimum Gasteiger partial charge on any atom is -0.0622 e. The van der Waals surface area contributed by atoms with Crippen LogP contribution < -0.4 is 0 Å². The Morgan fingerprint density at radius 1 is 0.382 bits per heavy atom. The van der Waals surface area contributed by atoms with Gasteiger partial charge < -0.3 is 0 Å². The summed E-state index contributed by atoms with van der Waals surface area (Å²) >= 11 is 0. The maximum Gasteiger partial charge on any atom is -0.0279 e. The van der Waals surface area contributed by atoms with Gasteiger partial charge in [-0.25, -0.2) is 0 Å². The van der Waals surface area contributed by atoms with Crippen molar-refractivity contribution in [1.29, 1.82) is 0 Å². The molecule has 0 aliphatic rings. The lowest BCUT2D eigenvalue weighted by molar-refractivity contribution is 0.356. The highest BCUT2D eigenvalue weighted by atomic mass is 14.1. The van der Waals surface area contributed by atoms with Crippen LogP contribution in [0.4, 0.5) is 0 Å². The predicted molar refractivity (Wildman–Crippen MR) is 156 cm³/mol. The Labute approximate surface area is 216 Å². The van der Waals surface area contributed by atoms with Gasteiger partial charge in [0.05, 0.1) is 0 Å². The number of benzene rings is 1. The molecule has 0 aliphatic heterocycles. The van der Waals surface area contributed by atoms with Crippen molar-refractivity contribution in [2.24, 2.45) is 5.41 Å². The van der Waals surface area contributed by atoms with E-state index >= 15 is 0 Å². The van der Waals surface area contributed by atoms with Gasteiger partial charge >= 0.3 is 0 Å². The molecule has 0 N–H and O–H groups in total. The van der Waals surface area contributed by atoms with Gasteiger partial charge in [-0.3, -0.25) is 0 Å². The molecule has 0 spiro atoms. The van der Waals surface area contributed by atoms with E-state index in [4.69, 9.17) is 0 Å². The van der Waals surface area contributed by atoms with Crippen LogP contribution in [-0.4, -0.2) is 0 Å². The largest absolute Gasteiger partial charge is 0.0622 e. The molecular formula is C34H62. The second-order valence-corrected chi connectivity index (χ2v) is 12.3. The average Bonchev–Trinajstić information content (AvgIpc) is 2.82. The Balaban J connectivity index is 1.66. The molecule has 0 atom stereocenters. The molecule has 0 amide bonds. The van der Waals surface area contributed by atoms with Crippen molar-refractivity contribution in [2.45, 2.75) is 175 Å². The quantitative estimate of drug-likeness (QED) is 0.132. The van der Waals surface area contributed by atoms with E-state index in [1.807, 2.05) is 0 Å². The summed E-state index contributed by atoms with van der Waals surface area (Å²) in [6, 6.07) is 11.0. The topological polar surface area (TPSA) is 0 Å². The normalized spacial score (nSPS) is 11.9. The van der Waals surface area contributed by atoms with Crippen LogP contribution in [0.15, 0.2) is 30.3 Å². The maximum absolute atomic E-state index is 2.37. The minimum absolute atomic E-state index is 0.531. The molecule has 0 saturated carbocycles. The molecule has 1 aromatic rings. The van der Waals surface area contributed by atoms with Gasteiger partial charge in [-0.2, -0.15) is 0 Å². The van der Waals surface area contributed by atoms with Gasteiger partial charge in [0.15, 0.2) is 0 Å². The molecule has 198 valence electrons. The number of rotatable bonds is 24. The third-order valence-electron chi connectivity index (χ3n) is 7.49. The molecule has 0 heteroatoms. The summed E-state index contributed by atoms with van der Waals surface area (Å²) in [5.74, 6) is 0. The van der Waals surface area contributed by atoms with Crippen LogP contribution in [0.25, 0.3) is 0 Å². The zero-order valence-corrected chi connectivity index (χ0v) is 23.9. The standard InChI is InChI=1S/C34H62/c1-34(2,3)32-28-23-21-19-17-15-13-11-9-7-5-4-6-8-10-12-14-16-18-20-22-25-29-33-30-26-24-27-31-33/h24,26-27,30-31H,4-23,25,28-29,32H2,1-3H3. The highest BCUT2D eigenvalue weighted by Crippen LogP contribution is 2.23. The van der Waals surface area contributed by atoms with Crippen molar-refractivity contribution in [3.05, 3.63) is 35.9 Å². The summed E-state index contributed by atoms with van der Waals surface area (Å²) in [6.07, 6.45) is 34.8. The fourth-order valence-corrected chi connectivity index (χ4v) is 5.16. The fourth-order valence-electron chi connectivity index (χ4n) is 5.16. The van der Waals surface area contributed by atoms with Crippen LogP contribution in [0.1, 0.15) is 174 Å². The van der Waals surface area contributed by atoms with Gasteiger partial charge in [0, 0.05) is 0 Å². The van der Waals surface area contributed by atoms with Gasteiger partial charge in [0.25, 0.3) is 0 Å². The van der Waals surface area contributed by atoms with Gasteiger partial charge in [-0.1, -0.05) is 186 Å². The lowest BCUT2D eigenvalue weighted by atomic mass is 9.89. The average molecular weight is 471 g/mol. The molecule has 0 aromatic heterocycles. The Morgan fingerprint density at radius 3 is 1.00 bits per heavy atom. The molecule has 0 radical (unpaired) electrons. The molecule has 34 heavy (non-hydrogen) atoms. The van der Waals surface area contributed by atoms with Gasteiger partial charge in [-0.15, -0.1) is 0 Å². The van der Waals surface area contributed by atoms with Crippen LogP contribution >= 0.6 is 0 Å². The van der Waals surface area contributed by atoms with E-state index in [0.29, 0.717) is 5.41 Å². The third kappa shape index (κ3) is 23.0.